The van der Waals surface area contributed by atoms with Gasteiger partial charge in [-0.3, -0.25) is 0 Å². The molecule has 1 fully saturated rings. The summed E-state index contributed by atoms with van der Waals surface area (Å²) in [6.45, 7) is 7.87. The lowest BCUT2D eigenvalue weighted by molar-refractivity contribution is -0.0643. The third-order valence-electron chi connectivity index (χ3n) is 5.36. The van der Waals surface area contributed by atoms with Crippen molar-refractivity contribution in [3.05, 3.63) is 11.6 Å². The first kappa shape index (κ1) is 14.0. The van der Waals surface area contributed by atoms with E-state index in [1.165, 1.54) is 0 Å². The third-order valence-corrected chi connectivity index (χ3v) is 5.36. The van der Waals surface area contributed by atoms with Crippen molar-refractivity contribution in [1.29, 1.82) is 0 Å². The summed E-state index contributed by atoms with van der Waals surface area (Å²) in [6.07, 6.45) is 3.20. The highest BCUT2D eigenvalue weighted by Gasteiger charge is 2.50. The second kappa shape index (κ2) is 4.32. The van der Waals surface area contributed by atoms with Crippen molar-refractivity contribution in [3.63, 3.8) is 0 Å². The van der Waals surface area contributed by atoms with E-state index in [0.717, 1.165) is 18.4 Å². The highest BCUT2D eigenvalue weighted by atomic mass is 16.3. The molecule has 0 aliphatic heterocycles. The maximum Gasteiger partial charge on any atom is 0.0780 e. The summed E-state index contributed by atoms with van der Waals surface area (Å²) in [5, 5.41) is 30.5. The summed E-state index contributed by atoms with van der Waals surface area (Å²) in [6, 6.07) is 0. The molecular formula is C15H26O3. The van der Waals surface area contributed by atoms with Crippen LogP contribution in [0, 0.1) is 17.3 Å². The summed E-state index contributed by atoms with van der Waals surface area (Å²) >= 11 is 0. The first-order valence-corrected chi connectivity index (χ1v) is 6.95. The van der Waals surface area contributed by atoms with Gasteiger partial charge in [0.25, 0.3) is 0 Å². The Labute approximate surface area is 110 Å². The van der Waals surface area contributed by atoms with Gasteiger partial charge in [-0.25, -0.2) is 0 Å². The molecule has 18 heavy (non-hydrogen) atoms. The van der Waals surface area contributed by atoms with Gasteiger partial charge in [-0.15, -0.1) is 0 Å². The van der Waals surface area contributed by atoms with Crippen LogP contribution in [-0.2, 0) is 0 Å². The van der Waals surface area contributed by atoms with Crippen LogP contribution in [0.15, 0.2) is 11.6 Å². The largest absolute Gasteiger partial charge is 0.393 e. The number of hydrogen-bond donors (Lipinski definition) is 3. The van der Waals surface area contributed by atoms with Crippen molar-refractivity contribution in [2.45, 2.75) is 64.8 Å². The van der Waals surface area contributed by atoms with Crippen molar-refractivity contribution in [2.24, 2.45) is 17.3 Å². The zero-order valence-electron chi connectivity index (χ0n) is 11.8. The van der Waals surface area contributed by atoms with Gasteiger partial charge in [0, 0.05) is 6.42 Å². The highest BCUT2D eigenvalue weighted by Crippen LogP contribution is 2.53. The van der Waals surface area contributed by atoms with Crippen molar-refractivity contribution in [1.82, 2.24) is 0 Å². The molecule has 2 aliphatic carbocycles. The van der Waals surface area contributed by atoms with Gasteiger partial charge in [0.1, 0.15) is 0 Å². The standard InChI is InChI=1S/C15H26O3/c1-9-12(16)7-13(17)11-6-5-10(14(2,3)18)8-15(9,11)4/h6,9-10,12-13,16-18H,5,7-8H2,1-4H3. The SMILES string of the molecule is CC1C(O)CC(O)C2=CCC(C(C)(C)O)CC21C. The molecule has 5 unspecified atom stereocenters. The summed E-state index contributed by atoms with van der Waals surface area (Å²) in [7, 11) is 0. The third kappa shape index (κ3) is 2.13. The molecule has 5 atom stereocenters. The minimum atomic E-state index is -0.710. The summed E-state index contributed by atoms with van der Waals surface area (Å²) < 4.78 is 0. The van der Waals surface area contributed by atoms with Crippen LogP contribution in [0.4, 0.5) is 0 Å². The number of aliphatic hydroxyl groups excluding tert-OH is 2. The fraction of sp³-hybridized carbons (Fsp3) is 0.867. The van der Waals surface area contributed by atoms with E-state index < -0.39 is 17.8 Å². The molecule has 0 bridgehead atoms. The molecule has 2 aliphatic rings. The Morgan fingerprint density at radius 3 is 2.50 bits per heavy atom. The van der Waals surface area contributed by atoms with E-state index in [1.807, 2.05) is 13.8 Å². The smallest absolute Gasteiger partial charge is 0.0780 e. The van der Waals surface area contributed by atoms with E-state index in [2.05, 4.69) is 19.9 Å². The first-order valence-electron chi connectivity index (χ1n) is 6.95. The summed E-state index contributed by atoms with van der Waals surface area (Å²) in [4.78, 5) is 0. The normalized spacial score (nSPS) is 45.4. The Morgan fingerprint density at radius 2 is 1.94 bits per heavy atom. The zero-order chi connectivity index (χ0) is 13.7. The average Bonchev–Trinajstić information content (AvgIpc) is 2.24. The molecule has 0 heterocycles. The van der Waals surface area contributed by atoms with Crippen LogP contribution >= 0.6 is 0 Å². The number of hydrogen-bond acceptors (Lipinski definition) is 3. The Bertz CT molecular complexity index is 355. The van der Waals surface area contributed by atoms with Crippen molar-refractivity contribution in [3.8, 4) is 0 Å². The van der Waals surface area contributed by atoms with Crippen LogP contribution in [0.2, 0.25) is 0 Å². The second-order valence-electron chi connectivity index (χ2n) is 6.97. The number of allylic oxidation sites excluding steroid dienone is 1. The summed E-state index contributed by atoms with van der Waals surface area (Å²) in [5.74, 6) is 0.309. The minimum Gasteiger partial charge on any atom is -0.393 e. The van der Waals surface area contributed by atoms with Gasteiger partial charge in [0.2, 0.25) is 0 Å². The monoisotopic (exact) mass is 254 g/mol. The number of aliphatic hydroxyl groups is 3. The molecule has 0 amide bonds. The van der Waals surface area contributed by atoms with E-state index in [0.29, 0.717) is 6.42 Å². The maximum absolute atomic E-state index is 10.2. The number of rotatable bonds is 1. The Balaban J connectivity index is 2.34. The topological polar surface area (TPSA) is 60.7 Å². The lowest BCUT2D eigenvalue weighted by atomic mass is 9.55. The molecule has 0 spiro atoms. The first-order chi connectivity index (χ1) is 8.16. The molecule has 0 saturated heterocycles. The van der Waals surface area contributed by atoms with Crippen LogP contribution in [-0.4, -0.2) is 33.1 Å². The van der Waals surface area contributed by atoms with E-state index in [1.54, 1.807) is 0 Å². The van der Waals surface area contributed by atoms with E-state index in [4.69, 9.17) is 0 Å². The molecular weight excluding hydrogens is 228 g/mol. The quantitative estimate of drug-likeness (QED) is 0.626. The van der Waals surface area contributed by atoms with Crippen molar-refractivity contribution in [2.75, 3.05) is 0 Å². The van der Waals surface area contributed by atoms with Crippen LogP contribution in [0.3, 0.4) is 0 Å². The Morgan fingerprint density at radius 1 is 1.33 bits per heavy atom. The van der Waals surface area contributed by atoms with Crippen LogP contribution in [0.5, 0.6) is 0 Å². The Kier molecular flexibility index (Phi) is 3.37. The van der Waals surface area contributed by atoms with Crippen molar-refractivity contribution >= 4 is 0 Å². The lowest BCUT2D eigenvalue weighted by Crippen LogP contribution is -2.50. The zero-order valence-corrected chi connectivity index (χ0v) is 11.8. The predicted molar refractivity (Wildman–Crippen MR) is 71.0 cm³/mol. The highest BCUT2D eigenvalue weighted by molar-refractivity contribution is 5.27. The van der Waals surface area contributed by atoms with E-state index in [9.17, 15) is 15.3 Å². The van der Waals surface area contributed by atoms with Crippen LogP contribution < -0.4 is 0 Å². The maximum atomic E-state index is 10.2. The number of fused-ring (bicyclic) bond motifs is 1. The summed E-state index contributed by atoms with van der Waals surface area (Å²) in [5.41, 5.74) is 0.166. The molecule has 0 aromatic rings. The molecule has 0 radical (unpaired) electrons. The molecule has 3 heteroatoms. The molecule has 3 nitrogen and oxygen atoms in total. The van der Waals surface area contributed by atoms with Gasteiger partial charge in [-0.1, -0.05) is 19.9 Å². The van der Waals surface area contributed by atoms with Gasteiger partial charge in [-0.05, 0) is 49.5 Å². The molecule has 2 rings (SSSR count). The van der Waals surface area contributed by atoms with E-state index in [-0.39, 0.29) is 17.3 Å². The average molecular weight is 254 g/mol. The molecule has 3 N–H and O–H groups in total. The van der Waals surface area contributed by atoms with Crippen LogP contribution in [0.25, 0.3) is 0 Å². The van der Waals surface area contributed by atoms with Gasteiger partial charge in [0.15, 0.2) is 0 Å². The van der Waals surface area contributed by atoms with Gasteiger partial charge >= 0.3 is 0 Å². The van der Waals surface area contributed by atoms with Gasteiger partial charge in [0.05, 0.1) is 17.8 Å². The fourth-order valence-electron chi connectivity index (χ4n) is 3.70. The lowest BCUT2D eigenvalue weighted by Gasteiger charge is -2.52. The minimum absolute atomic E-state index is 0.122. The molecule has 1 saturated carbocycles. The Hall–Kier alpha value is -0.380. The fourth-order valence-corrected chi connectivity index (χ4v) is 3.70. The predicted octanol–water partition coefficient (Wildman–Crippen LogP) is 1.86. The van der Waals surface area contributed by atoms with Gasteiger partial charge < -0.3 is 15.3 Å². The molecule has 0 aromatic heterocycles. The second-order valence-corrected chi connectivity index (χ2v) is 6.97. The van der Waals surface area contributed by atoms with Gasteiger partial charge in [-0.2, -0.15) is 0 Å². The molecule has 0 aromatic carbocycles. The van der Waals surface area contributed by atoms with E-state index >= 15 is 0 Å². The van der Waals surface area contributed by atoms with Crippen molar-refractivity contribution < 1.29 is 15.3 Å². The molecule has 104 valence electrons. The van der Waals surface area contributed by atoms with Crippen LogP contribution in [0.1, 0.15) is 47.0 Å².